The molecule has 1 atom stereocenters. The zero-order chi connectivity index (χ0) is 18.1. The monoisotopic (exact) mass is 346 g/mol. The van der Waals surface area contributed by atoms with Gasteiger partial charge in [0.1, 0.15) is 0 Å². The molecule has 2 aromatic rings. The van der Waals surface area contributed by atoms with Crippen molar-refractivity contribution >= 4 is 6.21 Å². The highest BCUT2D eigenvalue weighted by Crippen LogP contribution is 2.32. The molecule has 0 bridgehead atoms. The SMILES string of the molecule is CCCCC1(CN=Cc2ccccc2)C=CCN(Cc2ccccc2)C1. The molecule has 1 unspecified atom stereocenters. The maximum absolute atomic E-state index is 4.83. The zero-order valence-electron chi connectivity index (χ0n) is 15.8. The van der Waals surface area contributed by atoms with Gasteiger partial charge >= 0.3 is 0 Å². The molecule has 136 valence electrons. The maximum Gasteiger partial charge on any atom is 0.0492 e. The summed E-state index contributed by atoms with van der Waals surface area (Å²) in [5.41, 5.74) is 2.73. The second-order valence-corrected chi connectivity index (χ2v) is 7.40. The molecule has 26 heavy (non-hydrogen) atoms. The van der Waals surface area contributed by atoms with Crippen LogP contribution in [-0.4, -0.2) is 30.7 Å². The first-order valence-corrected chi connectivity index (χ1v) is 9.78. The lowest BCUT2D eigenvalue weighted by molar-refractivity contribution is 0.173. The molecule has 1 heterocycles. The van der Waals surface area contributed by atoms with Crippen LogP contribution in [0.5, 0.6) is 0 Å². The Balaban J connectivity index is 1.68. The third-order valence-electron chi connectivity index (χ3n) is 5.10. The predicted octanol–water partition coefficient (Wildman–Crippen LogP) is 5.35. The molecular weight excluding hydrogens is 316 g/mol. The number of benzene rings is 2. The number of nitrogens with zero attached hydrogens (tertiary/aromatic N) is 2. The van der Waals surface area contributed by atoms with Crippen molar-refractivity contribution in [2.24, 2.45) is 10.4 Å². The van der Waals surface area contributed by atoms with E-state index >= 15 is 0 Å². The van der Waals surface area contributed by atoms with E-state index in [1.54, 1.807) is 0 Å². The van der Waals surface area contributed by atoms with E-state index in [1.807, 2.05) is 12.3 Å². The Morgan fingerprint density at radius 1 is 1.04 bits per heavy atom. The van der Waals surface area contributed by atoms with E-state index in [-0.39, 0.29) is 5.41 Å². The van der Waals surface area contributed by atoms with E-state index in [2.05, 4.69) is 78.6 Å². The van der Waals surface area contributed by atoms with Crippen molar-refractivity contribution in [2.75, 3.05) is 19.6 Å². The van der Waals surface area contributed by atoms with E-state index in [4.69, 9.17) is 4.99 Å². The highest BCUT2D eigenvalue weighted by Gasteiger charge is 2.31. The van der Waals surface area contributed by atoms with Crippen LogP contribution in [0.25, 0.3) is 0 Å². The van der Waals surface area contributed by atoms with Gasteiger partial charge in [-0.2, -0.15) is 0 Å². The molecule has 3 rings (SSSR count). The molecule has 2 aromatic carbocycles. The first-order chi connectivity index (χ1) is 12.8. The largest absolute Gasteiger partial charge is 0.295 e. The molecule has 2 heteroatoms. The first kappa shape index (κ1) is 18.6. The summed E-state index contributed by atoms with van der Waals surface area (Å²) in [6.07, 6.45) is 10.5. The summed E-state index contributed by atoms with van der Waals surface area (Å²) in [5.74, 6) is 0. The highest BCUT2D eigenvalue weighted by molar-refractivity contribution is 5.79. The quantitative estimate of drug-likeness (QED) is 0.464. The van der Waals surface area contributed by atoms with Crippen LogP contribution >= 0.6 is 0 Å². The number of hydrogen-bond donors (Lipinski definition) is 0. The Morgan fingerprint density at radius 3 is 2.50 bits per heavy atom. The molecule has 0 aromatic heterocycles. The van der Waals surface area contributed by atoms with Crippen molar-refractivity contribution in [3.8, 4) is 0 Å². The van der Waals surface area contributed by atoms with Crippen LogP contribution < -0.4 is 0 Å². The number of hydrogen-bond acceptors (Lipinski definition) is 2. The van der Waals surface area contributed by atoms with Gasteiger partial charge in [-0.1, -0.05) is 92.6 Å². The summed E-state index contributed by atoms with van der Waals surface area (Å²) in [5, 5.41) is 0. The molecule has 0 saturated heterocycles. The fourth-order valence-corrected chi connectivity index (χ4v) is 3.72. The Bertz CT molecular complexity index is 706. The Labute approximate surface area is 158 Å². The Kier molecular flexibility index (Phi) is 6.79. The van der Waals surface area contributed by atoms with Crippen molar-refractivity contribution in [1.29, 1.82) is 0 Å². The Hall–Kier alpha value is -2.19. The molecule has 2 nitrogen and oxygen atoms in total. The summed E-state index contributed by atoms with van der Waals surface area (Å²) in [4.78, 5) is 7.39. The van der Waals surface area contributed by atoms with Gasteiger partial charge in [-0.15, -0.1) is 0 Å². The van der Waals surface area contributed by atoms with Crippen LogP contribution in [0.4, 0.5) is 0 Å². The standard InChI is InChI=1S/C24H30N2/c1-2-3-15-24(20-25-18-22-11-6-4-7-12-22)16-10-17-26(21-24)19-23-13-8-5-9-14-23/h4-14,16,18H,2-3,15,17,19-21H2,1H3. The van der Waals surface area contributed by atoms with E-state index in [9.17, 15) is 0 Å². The van der Waals surface area contributed by atoms with E-state index in [0.717, 1.165) is 26.2 Å². The average molecular weight is 347 g/mol. The van der Waals surface area contributed by atoms with Gasteiger partial charge in [0.15, 0.2) is 0 Å². The molecule has 0 radical (unpaired) electrons. The van der Waals surface area contributed by atoms with E-state index < -0.39 is 0 Å². The maximum atomic E-state index is 4.83. The number of unbranched alkanes of at least 4 members (excludes halogenated alkanes) is 1. The fourth-order valence-electron chi connectivity index (χ4n) is 3.72. The highest BCUT2D eigenvalue weighted by atomic mass is 15.1. The Morgan fingerprint density at radius 2 is 1.77 bits per heavy atom. The van der Waals surface area contributed by atoms with Crippen molar-refractivity contribution in [3.63, 3.8) is 0 Å². The normalized spacial score (nSPS) is 20.7. The van der Waals surface area contributed by atoms with E-state index in [1.165, 1.54) is 30.4 Å². The molecule has 0 spiro atoms. The summed E-state index contributed by atoms with van der Waals surface area (Å²) in [6, 6.07) is 21.2. The molecule has 0 aliphatic carbocycles. The lowest BCUT2D eigenvalue weighted by Gasteiger charge is -2.38. The van der Waals surface area contributed by atoms with Gasteiger partial charge in [-0.25, -0.2) is 0 Å². The second kappa shape index (κ2) is 9.49. The van der Waals surface area contributed by atoms with Crippen LogP contribution in [0.15, 0.2) is 77.8 Å². The summed E-state index contributed by atoms with van der Waals surface area (Å²) in [7, 11) is 0. The third-order valence-corrected chi connectivity index (χ3v) is 5.10. The lowest BCUT2D eigenvalue weighted by atomic mass is 9.80. The van der Waals surface area contributed by atoms with Crippen LogP contribution in [0.2, 0.25) is 0 Å². The molecular formula is C24H30N2. The smallest absolute Gasteiger partial charge is 0.0492 e. The second-order valence-electron chi connectivity index (χ2n) is 7.40. The summed E-state index contributed by atoms with van der Waals surface area (Å²) < 4.78 is 0. The van der Waals surface area contributed by atoms with Gasteiger partial charge in [-0.3, -0.25) is 9.89 Å². The van der Waals surface area contributed by atoms with Crippen LogP contribution in [0.3, 0.4) is 0 Å². The summed E-state index contributed by atoms with van der Waals surface area (Å²) >= 11 is 0. The van der Waals surface area contributed by atoms with Gasteiger partial charge in [-0.05, 0) is 17.5 Å². The molecule has 0 saturated carbocycles. The molecule has 0 amide bonds. The van der Waals surface area contributed by atoms with E-state index in [0.29, 0.717) is 0 Å². The molecule has 1 aliphatic rings. The fraction of sp³-hybridized carbons (Fsp3) is 0.375. The topological polar surface area (TPSA) is 15.6 Å². The minimum Gasteiger partial charge on any atom is -0.295 e. The lowest BCUT2D eigenvalue weighted by Crippen LogP contribution is -2.41. The number of rotatable bonds is 8. The van der Waals surface area contributed by atoms with Crippen molar-refractivity contribution < 1.29 is 0 Å². The van der Waals surface area contributed by atoms with Gasteiger partial charge in [0, 0.05) is 37.8 Å². The van der Waals surface area contributed by atoms with Crippen molar-refractivity contribution in [3.05, 3.63) is 83.9 Å². The summed E-state index contributed by atoms with van der Waals surface area (Å²) in [6.45, 7) is 6.27. The van der Waals surface area contributed by atoms with Crippen molar-refractivity contribution in [2.45, 2.75) is 32.7 Å². The third kappa shape index (κ3) is 5.40. The van der Waals surface area contributed by atoms with Gasteiger partial charge < -0.3 is 0 Å². The van der Waals surface area contributed by atoms with Crippen molar-refractivity contribution in [1.82, 2.24) is 4.90 Å². The van der Waals surface area contributed by atoms with Gasteiger partial charge in [0.25, 0.3) is 0 Å². The minimum absolute atomic E-state index is 0.161. The first-order valence-electron chi connectivity index (χ1n) is 9.78. The van der Waals surface area contributed by atoms with Crippen LogP contribution in [-0.2, 0) is 6.54 Å². The zero-order valence-corrected chi connectivity index (χ0v) is 15.8. The molecule has 0 fully saturated rings. The predicted molar refractivity (Wildman–Crippen MR) is 112 cm³/mol. The number of aliphatic imine (C=N–C) groups is 1. The van der Waals surface area contributed by atoms with Crippen LogP contribution in [0.1, 0.15) is 37.3 Å². The van der Waals surface area contributed by atoms with Gasteiger partial charge in [0.2, 0.25) is 0 Å². The molecule has 1 aliphatic heterocycles. The average Bonchev–Trinajstić information content (AvgIpc) is 2.68. The van der Waals surface area contributed by atoms with Crippen LogP contribution in [0, 0.1) is 5.41 Å². The minimum atomic E-state index is 0.161. The molecule has 0 N–H and O–H groups in total. The van der Waals surface area contributed by atoms with Gasteiger partial charge in [0.05, 0.1) is 0 Å².